The zero-order chi connectivity index (χ0) is 10.4. The molecule has 0 saturated heterocycles. The maximum atomic E-state index is 11.3. The van der Waals surface area contributed by atoms with Gasteiger partial charge in [0.2, 0.25) is 11.6 Å². The molecule has 0 radical (unpaired) electrons. The van der Waals surface area contributed by atoms with E-state index in [0.29, 0.717) is 0 Å². The molecule has 3 nitrogen and oxygen atoms in total. The Bertz CT molecular complexity index is 451. The van der Waals surface area contributed by atoms with Gasteiger partial charge in [0.15, 0.2) is 0 Å². The average molecular weight is 202 g/mol. The van der Waals surface area contributed by atoms with Crippen LogP contribution in [0.5, 0.6) is 0 Å². The zero-order valence-electron chi connectivity index (χ0n) is 8.16. The Hall–Kier alpha value is -1.64. The number of Topliss-reactive ketones (excluding diaryl/α,β-unsaturated/α-hetero) is 2. The predicted molar refractivity (Wildman–Crippen MR) is 53.0 cm³/mol. The van der Waals surface area contributed by atoms with Crippen LogP contribution in [-0.4, -0.2) is 17.7 Å². The van der Waals surface area contributed by atoms with Gasteiger partial charge >= 0.3 is 0 Å². The molecule has 3 rings (SSSR count). The van der Waals surface area contributed by atoms with Crippen molar-refractivity contribution in [2.45, 2.75) is 25.4 Å². The molecule has 1 unspecified atom stereocenters. The highest BCUT2D eigenvalue weighted by Crippen LogP contribution is 2.36. The summed E-state index contributed by atoms with van der Waals surface area (Å²) in [5.74, 6) is -0.511. The summed E-state index contributed by atoms with van der Waals surface area (Å²) in [6.07, 6.45) is 7.00. The summed E-state index contributed by atoms with van der Waals surface area (Å²) in [6.45, 7) is 0. The van der Waals surface area contributed by atoms with Gasteiger partial charge in [-0.15, -0.1) is 0 Å². The number of ketones is 2. The first-order valence-corrected chi connectivity index (χ1v) is 5.04. The quantitative estimate of drug-likeness (QED) is 0.558. The minimum atomic E-state index is -0.257. The van der Waals surface area contributed by atoms with E-state index in [9.17, 15) is 9.59 Å². The third kappa shape index (κ3) is 1.27. The topological polar surface area (TPSA) is 43.4 Å². The number of hydrogen-bond acceptors (Lipinski definition) is 3. The number of fused-ring (bicyclic) bond motifs is 1. The van der Waals surface area contributed by atoms with Crippen LogP contribution in [0, 0.1) is 0 Å². The van der Waals surface area contributed by atoms with Crippen molar-refractivity contribution in [1.82, 2.24) is 0 Å². The van der Waals surface area contributed by atoms with Crippen molar-refractivity contribution >= 4 is 11.6 Å². The molecule has 0 spiro atoms. The lowest BCUT2D eigenvalue weighted by Gasteiger charge is -2.25. The van der Waals surface area contributed by atoms with Gasteiger partial charge in [-0.1, -0.05) is 11.6 Å². The SMILES string of the molecule is O=C1CC2=C(CC1=O)CC1OC=CC1=C2. The highest BCUT2D eigenvalue weighted by molar-refractivity contribution is 6.39. The lowest BCUT2D eigenvalue weighted by molar-refractivity contribution is -0.136. The summed E-state index contributed by atoms with van der Waals surface area (Å²) in [7, 11) is 0. The van der Waals surface area contributed by atoms with Crippen molar-refractivity contribution in [3.63, 3.8) is 0 Å². The minimum absolute atomic E-state index is 0.0738. The fourth-order valence-electron chi connectivity index (χ4n) is 2.29. The Morgan fingerprint density at radius 3 is 2.87 bits per heavy atom. The lowest BCUT2D eigenvalue weighted by atomic mass is 9.81. The van der Waals surface area contributed by atoms with Crippen LogP contribution in [-0.2, 0) is 14.3 Å². The first kappa shape index (κ1) is 8.65. The van der Waals surface area contributed by atoms with Crippen molar-refractivity contribution in [3.05, 3.63) is 35.1 Å². The molecule has 3 aliphatic rings. The Labute approximate surface area is 87.1 Å². The molecule has 0 aromatic heterocycles. The molecule has 3 heteroatoms. The number of ether oxygens (including phenoxy) is 1. The zero-order valence-corrected chi connectivity index (χ0v) is 8.16. The molecular formula is C12H10O3. The van der Waals surface area contributed by atoms with Gasteiger partial charge in [0, 0.05) is 19.3 Å². The largest absolute Gasteiger partial charge is 0.493 e. The molecule has 0 saturated carbocycles. The van der Waals surface area contributed by atoms with Crippen molar-refractivity contribution in [2.75, 3.05) is 0 Å². The van der Waals surface area contributed by atoms with Crippen LogP contribution in [0.4, 0.5) is 0 Å². The van der Waals surface area contributed by atoms with Gasteiger partial charge in [0.05, 0.1) is 6.26 Å². The molecular weight excluding hydrogens is 192 g/mol. The third-order valence-electron chi connectivity index (χ3n) is 3.14. The number of allylic oxidation sites excluding steroid dienone is 2. The Morgan fingerprint density at radius 2 is 2.00 bits per heavy atom. The van der Waals surface area contributed by atoms with Crippen molar-refractivity contribution < 1.29 is 14.3 Å². The van der Waals surface area contributed by atoms with Crippen LogP contribution < -0.4 is 0 Å². The third-order valence-corrected chi connectivity index (χ3v) is 3.14. The lowest BCUT2D eigenvalue weighted by Crippen LogP contribution is -2.25. The van der Waals surface area contributed by atoms with Crippen LogP contribution in [0.15, 0.2) is 35.1 Å². The summed E-state index contributed by atoms with van der Waals surface area (Å²) in [5, 5.41) is 0. The van der Waals surface area contributed by atoms with Gasteiger partial charge in [-0.25, -0.2) is 0 Å². The van der Waals surface area contributed by atoms with E-state index < -0.39 is 0 Å². The molecule has 0 amide bonds. The number of rotatable bonds is 0. The molecule has 0 bridgehead atoms. The molecule has 76 valence electrons. The van der Waals surface area contributed by atoms with Gasteiger partial charge < -0.3 is 4.74 Å². The van der Waals surface area contributed by atoms with Crippen molar-refractivity contribution in [2.24, 2.45) is 0 Å². The van der Waals surface area contributed by atoms with E-state index in [-0.39, 0.29) is 30.5 Å². The summed E-state index contributed by atoms with van der Waals surface area (Å²) in [6, 6.07) is 0. The smallest absolute Gasteiger partial charge is 0.203 e. The number of carbonyl (C=O) groups excluding carboxylic acids is 2. The maximum absolute atomic E-state index is 11.3. The van der Waals surface area contributed by atoms with E-state index in [1.54, 1.807) is 6.26 Å². The Balaban J connectivity index is 1.99. The fraction of sp³-hybridized carbons (Fsp3) is 0.333. The summed E-state index contributed by atoms with van der Waals surface area (Å²) in [5.41, 5.74) is 3.23. The van der Waals surface area contributed by atoms with E-state index in [1.165, 1.54) is 0 Å². The highest BCUT2D eigenvalue weighted by Gasteiger charge is 2.32. The molecule has 1 atom stereocenters. The van der Waals surface area contributed by atoms with Gasteiger partial charge in [0.1, 0.15) is 6.10 Å². The molecule has 2 aliphatic carbocycles. The number of hydrogen-bond donors (Lipinski definition) is 0. The molecule has 1 heterocycles. The van der Waals surface area contributed by atoms with Gasteiger partial charge in [-0.2, -0.15) is 0 Å². The maximum Gasteiger partial charge on any atom is 0.203 e. The second-order valence-electron chi connectivity index (χ2n) is 4.10. The first-order valence-electron chi connectivity index (χ1n) is 5.04. The van der Waals surface area contributed by atoms with Crippen LogP contribution in [0.25, 0.3) is 0 Å². The second-order valence-corrected chi connectivity index (χ2v) is 4.10. The van der Waals surface area contributed by atoms with Gasteiger partial charge in [-0.05, 0) is 17.2 Å². The van der Waals surface area contributed by atoms with Crippen LogP contribution in [0.1, 0.15) is 19.3 Å². The van der Waals surface area contributed by atoms with Crippen LogP contribution in [0.3, 0.4) is 0 Å². The van der Waals surface area contributed by atoms with E-state index in [4.69, 9.17) is 4.74 Å². The van der Waals surface area contributed by atoms with E-state index in [1.807, 2.05) is 12.2 Å². The summed E-state index contributed by atoms with van der Waals surface area (Å²) in [4.78, 5) is 22.6. The van der Waals surface area contributed by atoms with E-state index in [2.05, 4.69) is 0 Å². The Morgan fingerprint density at radius 1 is 1.20 bits per heavy atom. The first-order chi connectivity index (χ1) is 7.24. The predicted octanol–water partition coefficient (Wildman–Crippen LogP) is 1.46. The standard InChI is InChI=1S/C12H10O3/c13-10-4-8-3-7-1-2-15-12(7)6-9(8)5-11(10)14/h1-3,12H,4-6H2. The van der Waals surface area contributed by atoms with Crippen molar-refractivity contribution in [1.29, 1.82) is 0 Å². The average Bonchev–Trinajstić information content (AvgIpc) is 2.63. The van der Waals surface area contributed by atoms with Crippen molar-refractivity contribution in [3.8, 4) is 0 Å². The molecule has 1 aliphatic heterocycles. The molecule has 0 N–H and O–H groups in total. The fourth-order valence-corrected chi connectivity index (χ4v) is 2.29. The minimum Gasteiger partial charge on any atom is -0.493 e. The normalized spacial score (nSPS) is 28.5. The second kappa shape index (κ2) is 2.92. The van der Waals surface area contributed by atoms with E-state index >= 15 is 0 Å². The molecule has 15 heavy (non-hydrogen) atoms. The number of carbonyl (C=O) groups is 2. The summed E-state index contributed by atoms with van der Waals surface area (Å²) < 4.78 is 5.39. The molecule has 0 fully saturated rings. The van der Waals surface area contributed by atoms with Crippen LogP contribution in [0.2, 0.25) is 0 Å². The van der Waals surface area contributed by atoms with Crippen LogP contribution >= 0.6 is 0 Å². The van der Waals surface area contributed by atoms with E-state index in [0.717, 1.165) is 23.1 Å². The Kier molecular flexibility index (Phi) is 1.69. The van der Waals surface area contributed by atoms with Gasteiger partial charge in [0.25, 0.3) is 0 Å². The van der Waals surface area contributed by atoms with Gasteiger partial charge in [-0.3, -0.25) is 9.59 Å². The molecule has 0 aromatic carbocycles. The molecule has 0 aromatic rings. The summed E-state index contributed by atoms with van der Waals surface area (Å²) >= 11 is 0. The monoisotopic (exact) mass is 202 g/mol. The highest BCUT2D eigenvalue weighted by atomic mass is 16.5.